The van der Waals surface area contributed by atoms with Crippen molar-refractivity contribution in [1.82, 2.24) is 10.2 Å². The first-order chi connectivity index (χ1) is 7.81. The Balaban J connectivity index is 2.15. The van der Waals surface area contributed by atoms with Gasteiger partial charge in [-0.1, -0.05) is 34.6 Å². The molecule has 1 unspecified atom stereocenters. The van der Waals surface area contributed by atoms with Gasteiger partial charge in [0.2, 0.25) is 5.91 Å². The molecular weight excluding hydrogens is 212 g/mol. The third-order valence-corrected chi connectivity index (χ3v) is 4.37. The maximum absolute atomic E-state index is 12.5. The van der Waals surface area contributed by atoms with Gasteiger partial charge < -0.3 is 4.90 Å². The summed E-state index contributed by atoms with van der Waals surface area (Å²) in [6.07, 6.45) is 3.39. The van der Waals surface area contributed by atoms with Gasteiger partial charge in [-0.25, -0.2) is 0 Å². The average molecular weight is 238 g/mol. The van der Waals surface area contributed by atoms with Crippen molar-refractivity contribution in [2.24, 2.45) is 11.3 Å². The molecule has 1 N–H and O–H groups in total. The van der Waals surface area contributed by atoms with Gasteiger partial charge in [0.25, 0.3) is 0 Å². The zero-order chi connectivity index (χ0) is 12.8. The second-order valence-corrected chi connectivity index (χ2v) is 6.87. The van der Waals surface area contributed by atoms with Crippen LogP contribution in [0.1, 0.15) is 53.9 Å². The van der Waals surface area contributed by atoms with Crippen molar-refractivity contribution in [3.05, 3.63) is 0 Å². The minimum atomic E-state index is -0.168. The van der Waals surface area contributed by atoms with E-state index in [4.69, 9.17) is 0 Å². The molecule has 0 aromatic heterocycles. The normalized spacial score (nSPS) is 27.3. The number of rotatable bonds is 4. The minimum absolute atomic E-state index is 0.168. The van der Waals surface area contributed by atoms with Crippen molar-refractivity contribution in [1.29, 1.82) is 0 Å². The summed E-state index contributed by atoms with van der Waals surface area (Å²) in [4.78, 5) is 14.6. The Bertz CT molecular complexity index is 318. The van der Waals surface area contributed by atoms with Gasteiger partial charge in [-0.3, -0.25) is 10.1 Å². The Morgan fingerprint density at radius 1 is 1.47 bits per heavy atom. The fourth-order valence-corrected chi connectivity index (χ4v) is 2.58. The first kappa shape index (κ1) is 12.9. The third kappa shape index (κ3) is 2.22. The predicted octanol–water partition coefficient (Wildman–Crippen LogP) is 2.37. The highest BCUT2D eigenvalue weighted by Crippen LogP contribution is 2.44. The molecule has 2 aliphatic rings. The second kappa shape index (κ2) is 3.98. The Kier molecular flexibility index (Phi) is 3.01. The molecule has 3 heteroatoms. The summed E-state index contributed by atoms with van der Waals surface area (Å²) < 4.78 is 0. The standard InChI is InChI=1S/C14H26N2O/c1-6-13(4,5)9-16-11(10(2)3)15-14(7-8-14)12(16)17/h10-11,15H,6-9H2,1-5H3. The molecule has 1 heterocycles. The van der Waals surface area contributed by atoms with E-state index in [2.05, 4.69) is 44.8 Å². The summed E-state index contributed by atoms with van der Waals surface area (Å²) in [7, 11) is 0. The van der Waals surface area contributed by atoms with Crippen molar-refractivity contribution >= 4 is 5.91 Å². The SMILES string of the molecule is CCC(C)(C)CN1C(=O)C2(CC2)NC1C(C)C. The van der Waals surface area contributed by atoms with E-state index in [9.17, 15) is 4.79 Å². The number of nitrogens with one attached hydrogen (secondary N) is 1. The monoisotopic (exact) mass is 238 g/mol. The Morgan fingerprint density at radius 3 is 2.47 bits per heavy atom. The second-order valence-electron chi connectivity index (χ2n) is 6.87. The first-order valence-corrected chi connectivity index (χ1v) is 6.90. The van der Waals surface area contributed by atoms with E-state index in [0.29, 0.717) is 11.8 Å². The van der Waals surface area contributed by atoms with Gasteiger partial charge in [-0.05, 0) is 30.6 Å². The lowest BCUT2D eigenvalue weighted by Crippen LogP contribution is -2.45. The van der Waals surface area contributed by atoms with Gasteiger partial charge in [0, 0.05) is 6.54 Å². The van der Waals surface area contributed by atoms with Crippen LogP contribution in [-0.4, -0.2) is 29.1 Å². The molecule has 98 valence electrons. The molecule has 2 rings (SSSR count). The summed E-state index contributed by atoms with van der Waals surface area (Å²) in [5, 5.41) is 3.56. The van der Waals surface area contributed by atoms with Gasteiger partial charge >= 0.3 is 0 Å². The van der Waals surface area contributed by atoms with Crippen LogP contribution in [-0.2, 0) is 4.79 Å². The molecule has 0 aromatic rings. The molecule has 17 heavy (non-hydrogen) atoms. The number of amides is 1. The summed E-state index contributed by atoms with van der Waals surface area (Å²) in [5.74, 6) is 0.823. The maximum atomic E-state index is 12.5. The lowest BCUT2D eigenvalue weighted by atomic mass is 9.89. The molecule has 1 spiro atoms. The number of carbonyl (C=O) groups is 1. The van der Waals surface area contributed by atoms with Crippen LogP contribution in [0.3, 0.4) is 0 Å². The van der Waals surface area contributed by atoms with Crippen LogP contribution in [0, 0.1) is 11.3 Å². The first-order valence-electron chi connectivity index (χ1n) is 6.90. The largest absolute Gasteiger partial charge is 0.325 e. The van der Waals surface area contributed by atoms with Crippen LogP contribution >= 0.6 is 0 Å². The lowest BCUT2D eigenvalue weighted by molar-refractivity contribution is -0.132. The van der Waals surface area contributed by atoms with Crippen molar-refractivity contribution in [3.8, 4) is 0 Å². The van der Waals surface area contributed by atoms with Crippen molar-refractivity contribution in [2.75, 3.05) is 6.54 Å². The highest BCUT2D eigenvalue weighted by atomic mass is 16.2. The zero-order valence-electron chi connectivity index (χ0n) is 11.8. The smallest absolute Gasteiger partial charge is 0.244 e. The van der Waals surface area contributed by atoms with Crippen LogP contribution in [0.2, 0.25) is 0 Å². The quantitative estimate of drug-likeness (QED) is 0.815. The summed E-state index contributed by atoms with van der Waals surface area (Å²) in [6, 6.07) is 0. The van der Waals surface area contributed by atoms with E-state index < -0.39 is 0 Å². The topological polar surface area (TPSA) is 32.3 Å². The predicted molar refractivity (Wildman–Crippen MR) is 69.5 cm³/mol. The fourth-order valence-electron chi connectivity index (χ4n) is 2.58. The van der Waals surface area contributed by atoms with Crippen molar-refractivity contribution in [2.45, 2.75) is 65.6 Å². The highest BCUT2D eigenvalue weighted by Gasteiger charge is 2.59. The Labute approximate surface area is 105 Å². The summed E-state index contributed by atoms with van der Waals surface area (Å²) in [5.41, 5.74) is 0.0453. The van der Waals surface area contributed by atoms with E-state index in [1.807, 2.05) is 0 Å². The summed E-state index contributed by atoms with van der Waals surface area (Å²) in [6.45, 7) is 12.0. The molecule has 1 aliphatic heterocycles. The van der Waals surface area contributed by atoms with E-state index in [1.165, 1.54) is 0 Å². The van der Waals surface area contributed by atoms with E-state index in [0.717, 1.165) is 25.8 Å². The van der Waals surface area contributed by atoms with E-state index in [1.54, 1.807) is 0 Å². The van der Waals surface area contributed by atoms with Gasteiger partial charge in [0.1, 0.15) is 0 Å². The molecule has 0 bridgehead atoms. The third-order valence-electron chi connectivity index (χ3n) is 4.37. The Hall–Kier alpha value is -0.570. The fraction of sp³-hybridized carbons (Fsp3) is 0.929. The number of carbonyl (C=O) groups excluding carboxylic acids is 1. The average Bonchev–Trinajstić information content (AvgIpc) is 2.97. The molecule has 2 fully saturated rings. The molecule has 1 atom stereocenters. The van der Waals surface area contributed by atoms with E-state index >= 15 is 0 Å². The van der Waals surface area contributed by atoms with Crippen LogP contribution in [0.5, 0.6) is 0 Å². The Morgan fingerprint density at radius 2 is 2.06 bits per heavy atom. The number of hydrogen-bond acceptors (Lipinski definition) is 2. The van der Waals surface area contributed by atoms with E-state index in [-0.39, 0.29) is 17.1 Å². The van der Waals surface area contributed by atoms with Gasteiger partial charge in [0.05, 0.1) is 11.7 Å². The zero-order valence-corrected chi connectivity index (χ0v) is 11.8. The molecule has 0 radical (unpaired) electrons. The lowest BCUT2D eigenvalue weighted by Gasteiger charge is -2.34. The van der Waals surface area contributed by atoms with Gasteiger partial charge in [-0.15, -0.1) is 0 Å². The van der Waals surface area contributed by atoms with Crippen LogP contribution in [0.25, 0.3) is 0 Å². The summed E-state index contributed by atoms with van der Waals surface area (Å²) >= 11 is 0. The van der Waals surface area contributed by atoms with Crippen LogP contribution in [0.4, 0.5) is 0 Å². The highest BCUT2D eigenvalue weighted by molar-refractivity contribution is 5.91. The molecule has 3 nitrogen and oxygen atoms in total. The van der Waals surface area contributed by atoms with Crippen LogP contribution < -0.4 is 5.32 Å². The van der Waals surface area contributed by atoms with Crippen molar-refractivity contribution in [3.63, 3.8) is 0 Å². The van der Waals surface area contributed by atoms with Gasteiger partial charge in [0.15, 0.2) is 0 Å². The molecule has 1 saturated heterocycles. The van der Waals surface area contributed by atoms with Gasteiger partial charge in [-0.2, -0.15) is 0 Å². The number of nitrogens with zero attached hydrogens (tertiary/aromatic N) is 1. The molecule has 1 saturated carbocycles. The maximum Gasteiger partial charge on any atom is 0.244 e. The molecule has 1 amide bonds. The van der Waals surface area contributed by atoms with Crippen LogP contribution in [0.15, 0.2) is 0 Å². The molecule has 0 aromatic carbocycles. The molecule has 1 aliphatic carbocycles. The molecular formula is C14H26N2O. The minimum Gasteiger partial charge on any atom is -0.325 e. The van der Waals surface area contributed by atoms with Crippen molar-refractivity contribution < 1.29 is 4.79 Å². The number of hydrogen-bond donors (Lipinski definition) is 1.